The number of para-hydroxylation sites is 1. The maximum absolute atomic E-state index is 4.84. The Labute approximate surface area is 134 Å². The second-order valence-corrected chi connectivity index (χ2v) is 6.04. The lowest BCUT2D eigenvalue weighted by atomic mass is 9.95. The molecule has 0 fully saturated rings. The highest BCUT2D eigenvalue weighted by Crippen LogP contribution is 2.26. The van der Waals surface area contributed by atoms with Gasteiger partial charge >= 0.3 is 0 Å². The highest BCUT2D eigenvalue weighted by molar-refractivity contribution is 6.41. The van der Waals surface area contributed by atoms with Crippen molar-refractivity contribution in [3.63, 3.8) is 0 Å². The quantitative estimate of drug-likeness (QED) is 0.654. The number of aryl methyl sites for hydroxylation is 2. The van der Waals surface area contributed by atoms with Crippen molar-refractivity contribution in [3.05, 3.63) is 59.2 Å². The summed E-state index contributed by atoms with van der Waals surface area (Å²) in [5, 5.41) is 0. The van der Waals surface area contributed by atoms with Gasteiger partial charge in [0.1, 0.15) is 0 Å². The maximum atomic E-state index is 4.84. The molecule has 115 valence electrons. The molecular formula is C20H25N2. The zero-order chi connectivity index (χ0) is 16.3. The van der Waals surface area contributed by atoms with E-state index in [4.69, 9.17) is 9.98 Å². The first-order chi connectivity index (χ1) is 10.4. The highest BCUT2D eigenvalue weighted by Gasteiger charge is 2.13. The smallest absolute Gasteiger partial charge is 0.0691 e. The van der Waals surface area contributed by atoms with Gasteiger partial charge in [-0.2, -0.15) is 0 Å². The van der Waals surface area contributed by atoms with E-state index in [2.05, 4.69) is 64.5 Å². The first-order valence-electron chi connectivity index (χ1n) is 7.79. The molecule has 1 aliphatic rings. The van der Waals surface area contributed by atoms with Crippen LogP contribution >= 0.6 is 0 Å². The fraction of sp³-hybridized carbons (Fsp3) is 0.350. The minimum absolute atomic E-state index is 0.355. The van der Waals surface area contributed by atoms with Crippen molar-refractivity contribution in [3.8, 4) is 0 Å². The first kappa shape index (κ1) is 16.4. The van der Waals surface area contributed by atoms with E-state index >= 15 is 0 Å². The van der Waals surface area contributed by atoms with Crippen molar-refractivity contribution >= 4 is 17.1 Å². The SMILES string of the molecule is CC(=NC1=C(C)[CH]C=CC1C)C(C)=Nc1c(C)cccc1C. The standard InChI is InChI=1S/C20H25N2/c1-13-9-7-10-14(2)19(13)21-17(5)18(6)22-20-15(3)11-8-12-16(20)4/h7-13H,1-6H3. The summed E-state index contributed by atoms with van der Waals surface area (Å²) in [5.74, 6) is 0.355. The van der Waals surface area contributed by atoms with Gasteiger partial charge in [0.15, 0.2) is 0 Å². The van der Waals surface area contributed by atoms with E-state index in [0.717, 1.165) is 22.8 Å². The van der Waals surface area contributed by atoms with Gasteiger partial charge in [-0.1, -0.05) is 37.3 Å². The number of hydrogen-bond donors (Lipinski definition) is 0. The summed E-state index contributed by atoms with van der Waals surface area (Å²) in [7, 11) is 0. The van der Waals surface area contributed by atoms with Gasteiger partial charge in [-0.15, -0.1) is 0 Å². The lowest BCUT2D eigenvalue weighted by molar-refractivity contribution is 0.819. The van der Waals surface area contributed by atoms with Gasteiger partial charge in [-0.3, -0.25) is 9.98 Å². The van der Waals surface area contributed by atoms with E-state index in [1.54, 1.807) is 0 Å². The number of allylic oxidation sites excluding steroid dienone is 3. The Morgan fingerprint density at radius 1 is 0.955 bits per heavy atom. The molecule has 1 aliphatic carbocycles. The van der Waals surface area contributed by atoms with E-state index < -0.39 is 0 Å². The van der Waals surface area contributed by atoms with Gasteiger partial charge in [-0.05, 0) is 51.3 Å². The molecule has 2 rings (SSSR count). The van der Waals surface area contributed by atoms with Crippen LogP contribution in [-0.2, 0) is 0 Å². The molecule has 0 saturated heterocycles. The molecule has 0 bridgehead atoms. The monoisotopic (exact) mass is 293 g/mol. The summed E-state index contributed by atoms with van der Waals surface area (Å²) in [6, 6.07) is 6.27. The fourth-order valence-electron chi connectivity index (χ4n) is 2.58. The van der Waals surface area contributed by atoms with Crippen LogP contribution in [0.4, 0.5) is 5.69 Å². The first-order valence-corrected chi connectivity index (χ1v) is 7.79. The lowest BCUT2D eigenvalue weighted by Crippen LogP contribution is -2.10. The van der Waals surface area contributed by atoms with Crippen LogP contribution in [0.15, 0.2) is 51.6 Å². The molecule has 0 heterocycles. The predicted molar refractivity (Wildman–Crippen MR) is 97.1 cm³/mol. The van der Waals surface area contributed by atoms with Crippen LogP contribution < -0.4 is 0 Å². The van der Waals surface area contributed by atoms with E-state index in [0.29, 0.717) is 5.92 Å². The molecule has 0 spiro atoms. The van der Waals surface area contributed by atoms with Crippen LogP contribution in [0.5, 0.6) is 0 Å². The number of nitrogens with zero attached hydrogens (tertiary/aromatic N) is 2. The summed E-state index contributed by atoms with van der Waals surface area (Å²) >= 11 is 0. The molecule has 0 saturated carbocycles. The Morgan fingerprint density at radius 2 is 1.55 bits per heavy atom. The molecule has 1 atom stereocenters. The van der Waals surface area contributed by atoms with E-state index in [1.807, 2.05) is 13.8 Å². The molecule has 22 heavy (non-hydrogen) atoms. The molecular weight excluding hydrogens is 268 g/mol. The van der Waals surface area contributed by atoms with E-state index in [9.17, 15) is 0 Å². The number of rotatable bonds is 3. The van der Waals surface area contributed by atoms with Gasteiger partial charge in [0.2, 0.25) is 0 Å². The van der Waals surface area contributed by atoms with Crippen LogP contribution in [0.25, 0.3) is 0 Å². The molecule has 2 heteroatoms. The third kappa shape index (κ3) is 3.62. The van der Waals surface area contributed by atoms with Crippen molar-refractivity contribution in [2.75, 3.05) is 0 Å². The van der Waals surface area contributed by atoms with Gasteiger partial charge in [0.25, 0.3) is 0 Å². The number of hydrogen-bond acceptors (Lipinski definition) is 2. The Balaban J connectivity index is 2.35. The highest BCUT2D eigenvalue weighted by atomic mass is 14.8. The topological polar surface area (TPSA) is 24.7 Å². The van der Waals surface area contributed by atoms with Crippen LogP contribution in [-0.4, -0.2) is 11.4 Å². The number of benzene rings is 1. The van der Waals surface area contributed by atoms with Gasteiger partial charge in [0.05, 0.1) is 17.1 Å². The molecule has 0 N–H and O–H groups in total. The minimum atomic E-state index is 0.355. The summed E-state index contributed by atoms with van der Waals surface area (Å²) in [6.07, 6.45) is 6.40. The molecule has 0 aromatic heterocycles. The van der Waals surface area contributed by atoms with Gasteiger partial charge in [-0.25, -0.2) is 0 Å². The molecule has 1 aromatic rings. The lowest BCUT2D eigenvalue weighted by Gasteiger charge is -2.17. The van der Waals surface area contributed by atoms with Crippen LogP contribution in [0.2, 0.25) is 0 Å². The summed E-state index contributed by atoms with van der Waals surface area (Å²) in [5.41, 5.74) is 7.77. The van der Waals surface area contributed by atoms with Crippen LogP contribution in [0.3, 0.4) is 0 Å². The fourth-order valence-corrected chi connectivity index (χ4v) is 2.58. The molecule has 1 aromatic carbocycles. The third-order valence-electron chi connectivity index (χ3n) is 4.11. The Hall–Kier alpha value is -1.96. The van der Waals surface area contributed by atoms with Crippen molar-refractivity contribution in [1.82, 2.24) is 0 Å². The van der Waals surface area contributed by atoms with Gasteiger partial charge < -0.3 is 0 Å². The normalized spacial score (nSPS) is 19.8. The van der Waals surface area contributed by atoms with Crippen LogP contribution in [0.1, 0.15) is 38.8 Å². The van der Waals surface area contributed by atoms with E-state index in [-0.39, 0.29) is 0 Å². The Kier molecular flexibility index (Phi) is 5.12. The summed E-state index contributed by atoms with van der Waals surface area (Å²) < 4.78 is 0. The van der Waals surface area contributed by atoms with Crippen molar-refractivity contribution in [2.45, 2.75) is 41.5 Å². The largest absolute Gasteiger partial charge is 0.256 e. The Bertz CT molecular complexity index is 667. The second kappa shape index (κ2) is 6.87. The second-order valence-electron chi connectivity index (χ2n) is 6.04. The molecule has 1 unspecified atom stereocenters. The molecule has 2 nitrogen and oxygen atoms in total. The van der Waals surface area contributed by atoms with Crippen LogP contribution in [0, 0.1) is 26.2 Å². The molecule has 0 aliphatic heterocycles. The van der Waals surface area contributed by atoms with Crippen molar-refractivity contribution in [1.29, 1.82) is 0 Å². The Morgan fingerprint density at radius 3 is 2.14 bits per heavy atom. The van der Waals surface area contributed by atoms with E-state index in [1.165, 1.54) is 16.7 Å². The third-order valence-corrected chi connectivity index (χ3v) is 4.11. The maximum Gasteiger partial charge on any atom is 0.0691 e. The van der Waals surface area contributed by atoms with Gasteiger partial charge in [0, 0.05) is 18.0 Å². The number of aliphatic imine (C=N–C) groups is 2. The zero-order valence-corrected chi connectivity index (χ0v) is 14.4. The average Bonchev–Trinajstić information content (AvgIpc) is 2.46. The molecule has 0 amide bonds. The predicted octanol–water partition coefficient (Wildman–Crippen LogP) is 5.54. The zero-order valence-electron chi connectivity index (χ0n) is 14.4. The summed E-state index contributed by atoms with van der Waals surface area (Å²) in [4.78, 5) is 9.65. The summed E-state index contributed by atoms with van der Waals surface area (Å²) in [6.45, 7) is 12.6. The van der Waals surface area contributed by atoms with Crippen molar-refractivity contribution < 1.29 is 0 Å². The molecule has 1 radical (unpaired) electrons. The minimum Gasteiger partial charge on any atom is -0.256 e. The van der Waals surface area contributed by atoms with Crippen molar-refractivity contribution in [2.24, 2.45) is 15.9 Å². The average molecular weight is 293 g/mol.